The molecule has 0 saturated heterocycles. The van der Waals surface area contributed by atoms with Gasteiger partial charge in [0, 0.05) is 28.9 Å². The number of aromatic hydroxyl groups is 1. The van der Waals surface area contributed by atoms with Crippen LogP contribution in [0.3, 0.4) is 0 Å². The smallest absolute Gasteiger partial charge is 0.133 e. The van der Waals surface area contributed by atoms with E-state index in [0.29, 0.717) is 33.5 Å². The number of phenols is 1. The lowest BCUT2D eigenvalue weighted by molar-refractivity contribution is 0.475. The number of aryl methyl sites for hydroxylation is 1. The summed E-state index contributed by atoms with van der Waals surface area (Å²) in [6.07, 6.45) is 5.39. The van der Waals surface area contributed by atoms with Crippen LogP contribution < -0.4 is 0 Å². The van der Waals surface area contributed by atoms with Crippen molar-refractivity contribution in [2.24, 2.45) is 0 Å². The molecule has 4 aromatic rings. The molecule has 156 valence electrons. The molecule has 0 fully saturated rings. The van der Waals surface area contributed by atoms with Gasteiger partial charge in [-0.25, -0.2) is 9.37 Å². The highest BCUT2D eigenvalue weighted by atomic mass is 35.5. The Balaban J connectivity index is 1.63. The maximum Gasteiger partial charge on any atom is 0.133 e. The van der Waals surface area contributed by atoms with E-state index in [1.54, 1.807) is 48.6 Å². The van der Waals surface area contributed by atoms with Crippen molar-refractivity contribution >= 4 is 35.4 Å². The summed E-state index contributed by atoms with van der Waals surface area (Å²) >= 11 is 12.3. The molecule has 0 spiro atoms. The lowest BCUT2D eigenvalue weighted by Gasteiger charge is -2.05. The van der Waals surface area contributed by atoms with Gasteiger partial charge in [-0.15, -0.1) is 0 Å². The molecule has 1 N–H and O–H groups in total. The number of rotatable bonds is 5. The zero-order valence-electron chi connectivity index (χ0n) is 16.7. The molecule has 0 amide bonds. The van der Waals surface area contributed by atoms with Crippen LogP contribution in [0.1, 0.15) is 18.3 Å². The number of hydrogen-bond acceptors (Lipinski definition) is 2. The van der Waals surface area contributed by atoms with E-state index in [4.69, 9.17) is 23.2 Å². The average molecular weight is 453 g/mol. The molecule has 6 heteroatoms. The van der Waals surface area contributed by atoms with Gasteiger partial charge in [-0.05, 0) is 66.6 Å². The van der Waals surface area contributed by atoms with Crippen LogP contribution >= 0.6 is 23.2 Å². The minimum atomic E-state index is -0.354. The second-order valence-corrected chi connectivity index (χ2v) is 7.86. The van der Waals surface area contributed by atoms with Crippen LogP contribution in [0.25, 0.3) is 34.5 Å². The van der Waals surface area contributed by atoms with Crippen LogP contribution in [0, 0.1) is 5.82 Å². The summed E-state index contributed by atoms with van der Waals surface area (Å²) in [6, 6.07) is 17.0. The summed E-state index contributed by atoms with van der Waals surface area (Å²) in [5.74, 6) is 0.484. The third-order valence-electron chi connectivity index (χ3n) is 4.95. The molecule has 0 aliphatic carbocycles. The van der Waals surface area contributed by atoms with Crippen molar-refractivity contribution in [1.82, 2.24) is 9.55 Å². The number of hydrogen-bond donors (Lipinski definition) is 1. The molecular weight excluding hydrogens is 434 g/mol. The highest BCUT2D eigenvalue weighted by Gasteiger charge is 2.11. The minimum Gasteiger partial charge on any atom is -0.508 e. The van der Waals surface area contributed by atoms with Gasteiger partial charge in [-0.3, -0.25) is 0 Å². The van der Waals surface area contributed by atoms with Gasteiger partial charge >= 0.3 is 0 Å². The monoisotopic (exact) mass is 452 g/mol. The van der Waals surface area contributed by atoms with Crippen molar-refractivity contribution in [2.45, 2.75) is 13.5 Å². The molecule has 1 heterocycles. The molecule has 4 rings (SSSR count). The van der Waals surface area contributed by atoms with E-state index in [1.807, 2.05) is 35.9 Å². The van der Waals surface area contributed by atoms with Crippen LogP contribution in [0.2, 0.25) is 10.0 Å². The first-order valence-corrected chi connectivity index (χ1v) is 10.5. The van der Waals surface area contributed by atoms with Gasteiger partial charge in [0.2, 0.25) is 0 Å². The van der Waals surface area contributed by atoms with Gasteiger partial charge in [0.1, 0.15) is 17.4 Å². The number of benzene rings is 3. The van der Waals surface area contributed by atoms with Gasteiger partial charge in [-0.2, -0.15) is 0 Å². The molecular formula is C25H19Cl2FN2O. The van der Waals surface area contributed by atoms with E-state index in [-0.39, 0.29) is 11.6 Å². The van der Waals surface area contributed by atoms with E-state index in [2.05, 4.69) is 4.98 Å². The largest absolute Gasteiger partial charge is 0.508 e. The Labute approximate surface area is 190 Å². The number of nitrogens with zero attached hydrogens (tertiary/aromatic N) is 2. The van der Waals surface area contributed by atoms with Crippen LogP contribution in [-0.2, 0) is 6.54 Å². The van der Waals surface area contributed by atoms with Crippen LogP contribution in [0.4, 0.5) is 4.39 Å². The number of halogens is 3. The fraction of sp³-hybridized carbons (Fsp3) is 0.0800. The number of aromatic nitrogens is 2. The fourth-order valence-electron chi connectivity index (χ4n) is 3.34. The van der Waals surface area contributed by atoms with Crippen molar-refractivity contribution < 1.29 is 9.50 Å². The van der Waals surface area contributed by atoms with Crippen LogP contribution in [0.15, 0.2) is 66.9 Å². The molecule has 0 radical (unpaired) electrons. The van der Waals surface area contributed by atoms with E-state index >= 15 is 0 Å². The standard InChI is InChI=1S/C25H19Cl2FN2O/c1-2-30-15-24(21-10-9-19(26)14-22(21)27)29-25(30)11-8-16-6-7-18(13-23(16)28)17-4-3-5-20(31)12-17/h3-15,31H,2H2,1H3/b11-8+. The van der Waals surface area contributed by atoms with Crippen molar-refractivity contribution in [2.75, 3.05) is 0 Å². The topological polar surface area (TPSA) is 38.0 Å². The predicted molar refractivity (Wildman–Crippen MR) is 126 cm³/mol. The van der Waals surface area contributed by atoms with Gasteiger partial charge in [0.15, 0.2) is 0 Å². The summed E-state index contributed by atoms with van der Waals surface area (Å²) in [5.41, 5.74) is 3.40. The van der Waals surface area contributed by atoms with Gasteiger partial charge in [0.25, 0.3) is 0 Å². The Morgan fingerprint density at radius 1 is 1.00 bits per heavy atom. The van der Waals surface area contributed by atoms with E-state index in [9.17, 15) is 9.50 Å². The van der Waals surface area contributed by atoms with Gasteiger partial charge in [-0.1, -0.05) is 47.5 Å². The molecule has 0 unspecified atom stereocenters. The second-order valence-electron chi connectivity index (χ2n) is 7.01. The maximum absolute atomic E-state index is 14.7. The summed E-state index contributed by atoms with van der Waals surface area (Å²) in [7, 11) is 0. The molecule has 31 heavy (non-hydrogen) atoms. The van der Waals surface area contributed by atoms with Crippen LogP contribution in [-0.4, -0.2) is 14.7 Å². The molecule has 0 aliphatic heterocycles. The Kier molecular flexibility index (Phi) is 6.12. The molecule has 0 saturated carbocycles. The molecule has 0 bridgehead atoms. The van der Waals surface area contributed by atoms with Crippen molar-refractivity contribution in [3.05, 3.63) is 94.1 Å². The highest BCUT2D eigenvalue weighted by Crippen LogP contribution is 2.30. The third kappa shape index (κ3) is 4.66. The zero-order valence-corrected chi connectivity index (χ0v) is 18.2. The quantitative estimate of drug-likeness (QED) is 0.339. The highest BCUT2D eigenvalue weighted by molar-refractivity contribution is 6.36. The van der Waals surface area contributed by atoms with E-state index in [0.717, 1.165) is 16.8 Å². The second kappa shape index (κ2) is 8.96. The first-order chi connectivity index (χ1) is 14.9. The summed E-state index contributed by atoms with van der Waals surface area (Å²) < 4.78 is 16.7. The Morgan fingerprint density at radius 2 is 1.81 bits per heavy atom. The summed E-state index contributed by atoms with van der Waals surface area (Å²) in [6.45, 7) is 2.72. The molecule has 1 aromatic heterocycles. The van der Waals surface area contributed by atoms with Gasteiger partial charge < -0.3 is 9.67 Å². The summed E-state index contributed by atoms with van der Waals surface area (Å²) in [5, 5.41) is 10.7. The van der Waals surface area contributed by atoms with Crippen LogP contribution in [0.5, 0.6) is 5.75 Å². The normalized spacial score (nSPS) is 11.4. The Morgan fingerprint density at radius 3 is 2.52 bits per heavy atom. The van der Waals surface area contributed by atoms with E-state index < -0.39 is 0 Å². The molecule has 3 nitrogen and oxygen atoms in total. The average Bonchev–Trinajstić information content (AvgIpc) is 3.15. The lowest BCUT2D eigenvalue weighted by atomic mass is 10.0. The van der Waals surface area contributed by atoms with Gasteiger partial charge in [0.05, 0.1) is 10.7 Å². The summed E-state index contributed by atoms with van der Waals surface area (Å²) in [4.78, 5) is 4.66. The Bertz CT molecular complexity index is 1280. The molecule has 3 aromatic carbocycles. The van der Waals surface area contributed by atoms with Crippen molar-refractivity contribution in [1.29, 1.82) is 0 Å². The Hall–Kier alpha value is -3.08. The molecule has 0 aliphatic rings. The fourth-order valence-corrected chi connectivity index (χ4v) is 3.84. The predicted octanol–water partition coefficient (Wildman–Crippen LogP) is 7.56. The first-order valence-electron chi connectivity index (χ1n) is 9.74. The maximum atomic E-state index is 14.7. The first kappa shape index (κ1) is 21.2. The zero-order chi connectivity index (χ0) is 22.0. The third-order valence-corrected chi connectivity index (χ3v) is 5.49. The number of phenolic OH excluding ortho intramolecular Hbond substituents is 1. The van der Waals surface area contributed by atoms with Crippen molar-refractivity contribution in [3.63, 3.8) is 0 Å². The number of imidazole rings is 1. The van der Waals surface area contributed by atoms with E-state index in [1.165, 1.54) is 6.07 Å². The SMILES string of the molecule is CCn1cc(-c2ccc(Cl)cc2Cl)nc1/C=C/c1ccc(-c2cccc(O)c2)cc1F. The lowest BCUT2D eigenvalue weighted by Crippen LogP contribution is -1.95. The van der Waals surface area contributed by atoms with Crippen molar-refractivity contribution in [3.8, 4) is 28.1 Å². The minimum absolute atomic E-state index is 0.143. The molecule has 0 atom stereocenters.